The normalized spacial score (nSPS) is 12.2. The largest absolute Gasteiger partial charge is 0.467 e. The number of methoxy groups -OCH3 is 1. The van der Waals surface area contributed by atoms with E-state index < -0.39 is 17.9 Å². The number of pyridine rings is 1. The molecule has 0 spiro atoms. The Labute approximate surface area is 133 Å². The maximum atomic E-state index is 12.6. The molecule has 6 nitrogen and oxygen atoms in total. The number of nitrogens with one attached hydrogen (secondary N) is 2. The molecule has 0 aliphatic heterocycles. The first-order chi connectivity index (χ1) is 10.9. The number of carbonyl (C=O) groups excluding carboxylic acids is 2. The molecule has 0 aliphatic carbocycles. The van der Waals surface area contributed by atoms with Crippen LogP contribution in [0, 0.1) is 5.92 Å². The van der Waals surface area contributed by atoms with Crippen molar-refractivity contribution in [2.24, 2.45) is 5.92 Å². The number of hydrogen-bond donors (Lipinski definition) is 2. The topological polar surface area (TPSA) is 88.3 Å². The highest BCUT2D eigenvalue weighted by molar-refractivity contribution is 6.06. The third-order valence-corrected chi connectivity index (χ3v) is 3.49. The molecule has 0 bridgehead atoms. The molecule has 2 N–H and O–H groups in total. The molecule has 6 heteroatoms. The number of para-hydroxylation sites is 1. The van der Waals surface area contributed by atoms with Crippen molar-refractivity contribution in [2.75, 3.05) is 7.11 Å². The molecule has 1 unspecified atom stereocenters. The van der Waals surface area contributed by atoms with E-state index in [0.29, 0.717) is 17.3 Å². The summed E-state index contributed by atoms with van der Waals surface area (Å²) in [6, 6.07) is 7.51. The van der Waals surface area contributed by atoms with Crippen molar-refractivity contribution >= 4 is 22.8 Å². The van der Waals surface area contributed by atoms with Crippen LogP contribution in [0.1, 0.15) is 30.6 Å². The summed E-state index contributed by atoms with van der Waals surface area (Å²) in [4.78, 5) is 38.8. The van der Waals surface area contributed by atoms with Gasteiger partial charge >= 0.3 is 5.97 Å². The lowest BCUT2D eigenvalue weighted by molar-refractivity contribution is -0.143. The van der Waals surface area contributed by atoms with Crippen LogP contribution in [0.4, 0.5) is 0 Å². The zero-order valence-corrected chi connectivity index (χ0v) is 13.4. The molecule has 2 rings (SSSR count). The summed E-state index contributed by atoms with van der Waals surface area (Å²) < 4.78 is 4.74. The molecule has 1 atom stereocenters. The van der Waals surface area contributed by atoms with Crippen molar-refractivity contribution in [3.05, 3.63) is 46.2 Å². The number of esters is 1. The molecule has 0 aliphatic rings. The first-order valence-electron chi connectivity index (χ1n) is 7.43. The Morgan fingerprint density at radius 3 is 2.61 bits per heavy atom. The van der Waals surface area contributed by atoms with Gasteiger partial charge in [0, 0.05) is 17.0 Å². The van der Waals surface area contributed by atoms with Gasteiger partial charge in [-0.3, -0.25) is 9.59 Å². The number of hydrogen-bond acceptors (Lipinski definition) is 4. The summed E-state index contributed by atoms with van der Waals surface area (Å²) in [6.45, 7) is 3.90. The van der Waals surface area contributed by atoms with E-state index in [2.05, 4.69) is 10.3 Å². The number of carbonyl (C=O) groups is 2. The number of fused-ring (bicyclic) bond motifs is 1. The van der Waals surface area contributed by atoms with Crippen LogP contribution in [0.25, 0.3) is 10.9 Å². The number of ether oxygens (including phenoxy) is 1. The van der Waals surface area contributed by atoms with Gasteiger partial charge in [-0.2, -0.15) is 0 Å². The maximum Gasteiger partial charge on any atom is 0.328 e. The van der Waals surface area contributed by atoms with Crippen molar-refractivity contribution in [1.82, 2.24) is 10.3 Å². The number of H-pyrrole nitrogens is 1. The van der Waals surface area contributed by atoms with Crippen LogP contribution < -0.4 is 10.9 Å². The minimum atomic E-state index is -0.745. The Bertz CT molecular complexity index is 780. The Kier molecular flexibility index (Phi) is 5.16. The Morgan fingerprint density at radius 2 is 1.96 bits per heavy atom. The fourth-order valence-electron chi connectivity index (χ4n) is 2.46. The van der Waals surface area contributed by atoms with E-state index in [1.54, 1.807) is 24.3 Å². The van der Waals surface area contributed by atoms with E-state index >= 15 is 0 Å². The highest BCUT2D eigenvalue weighted by Crippen LogP contribution is 2.15. The summed E-state index contributed by atoms with van der Waals surface area (Å²) in [5, 5.41) is 3.29. The van der Waals surface area contributed by atoms with E-state index in [-0.39, 0.29) is 17.0 Å². The third-order valence-electron chi connectivity index (χ3n) is 3.49. The van der Waals surface area contributed by atoms with Crippen LogP contribution in [-0.4, -0.2) is 30.0 Å². The average molecular weight is 316 g/mol. The first-order valence-corrected chi connectivity index (χ1v) is 7.43. The Balaban J connectivity index is 2.36. The summed E-state index contributed by atoms with van der Waals surface area (Å²) >= 11 is 0. The quantitative estimate of drug-likeness (QED) is 0.824. The summed E-state index contributed by atoms with van der Waals surface area (Å²) in [7, 11) is 1.28. The van der Waals surface area contributed by atoms with Crippen LogP contribution >= 0.6 is 0 Å². The number of aromatic amines is 1. The number of rotatable bonds is 5. The van der Waals surface area contributed by atoms with E-state index in [9.17, 15) is 14.4 Å². The zero-order chi connectivity index (χ0) is 17.0. The SMILES string of the molecule is COC(=O)C(CC(C)C)NC(=O)c1cc(=O)[nH]c2ccccc12. The van der Waals surface area contributed by atoms with Crippen molar-refractivity contribution in [1.29, 1.82) is 0 Å². The summed E-state index contributed by atoms with van der Waals surface area (Å²) in [6.07, 6.45) is 0.458. The highest BCUT2D eigenvalue weighted by Gasteiger charge is 2.24. The van der Waals surface area contributed by atoms with Crippen LogP contribution in [-0.2, 0) is 9.53 Å². The second kappa shape index (κ2) is 7.09. The molecule has 1 heterocycles. The van der Waals surface area contributed by atoms with Crippen LogP contribution in [0.15, 0.2) is 35.1 Å². The van der Waals surface area contributed by atoms with Gasteiger partial charge in [-0.1, -0.05) is 32.0 Å². The maximum absolute atomic E-state index is 12.6. The lowest BCUT2D eigenvalue weighted by Crippen LogP contribution is -2.42. The first kappa shape index (κ1) is 16.7. The summed E-state index contributed by atoms with van der Waals surface area (Å²) in [5.41, 5.74) is 0.443. The molecule has 1 amide bonds. The van der Waals surface area contributed by atoms with Gasteiger partial charge in [0.25, 0.3) is 5.91 Å². The molecular weight excluding hydrogens is 296 g/mol. The molecule has 0 fully saturated rings. The monoisotopic (exact) mass is 316 g/mol. The van der Waals surface area contributed by atoms with Crippen molar-refractivity contribution in [3.63, 3.8) is 0 Å². The molecule has 1 aromatic heterocycles. The van der Waals surface area contributed by atoms with Crippen LogP contribution in [0.2, 0.25) is 0 Å². The van der Waals surface area contributed by atoms with Crippen molar-refractivity contribution in [3.8, 4) is 0 Å². The minimum absolute atomic E-state index is 0.204. The van der Waals surface area contributed by atoms with Gasteiger partial charge < -0.3 is 15.0 Å². The predicted molar refractivity (Wildman–Crippen MR) is 87.3 cm³/mol. The Hall–Kier alpha value is -2.63. The average Bonchev–Trinajstić information content (AvgIpc) is 2.52. The van der Waals surface area contributed by atoms with Gasteiger partial charge in [0.1, 0.15) is 6.04 Å². The molecule has 0 saturated heterocycles. The van der Waals surface area contributed by atoms with E-state index in [0.717, 1.165) is 0 Å². The zero-order valence-electron chi connectivity index (χ0n) is 13.4. The lowest BCUT2D eigenvalue weighted by Gasteiger charge is -2.18. The van der Waals surface area contributed by atoms with E-state index in [1.807, 2.05) is 13.8 Å². The number of amides is 1. The van der Waals surface area contributed by atoms with Crippen LogP contribution in [0.5, 0.6) is 0 Å². The van der Waals surface area contributed by atoms with Crippen molar-refractivity contribution < 1.29 is 14.3 Å². The smallest absolute Gasteiger partial charge is 0.328 e. The Morgan fingerprint density at radius 1 is 1.26 bits per heavy atom. The molecule has 2 aromatic rings. The van der Waals surface area contributed by atoms with Gasteiger partial charge in [0.05, 0.1) is 12.7 Å². The van der Waals surface area contributed by atoms with Gasteiger partial charge in [-0.05, 0) is 18.4 Å². The van der Waals surface area contributed by atoms with Crippen LogP contribution in [0.3, 0.4) is 0 Å². The van der Waals surface area contributed by atoms with Gasteiger partial charge in [0.2, 0.25) is 5.56 Å². The predicted octanol–water partition coefficient (Wildman–Crippen LogP) is 1.85. The number of aromatic nitrogens is 1. The van der Waals surface area contributed by atoms with Crippen molar-refractivity contribution in [2.45, 2.75) is 26.3 Å². The van der Waals surface area contributed by atoms with Gasteiger partial charge in [-0.15, -0.1) is 0 Å². The van der Waals surface area contributed by atoms with E-state index in [1.165, 1.54) is 13.2 Å². The lowest BCUT2D eigenvalue weighted by atomic mass is 10.0. The fourth-order valence-corrected chi connectivity index (χ4v) is 2.46. The molecule has 23 heavy (non-hydrogen) atoms. The standard InChI is InChI=1S/C17H20N2O4/c1-10(2)8-14(17(22)23-3)19-16(21)12-9-15(20)18-13-7-5-4-6-11(12)13/h4-7,9-10,14H,8H2,1-3H3,(H,18,20)(H,19,21). The summed E-state index contributed by atoms with van der Waals surface area (Å²) in [5.74, 6) is -0.764. The molecule has 0 radical (unpaired) electrons. The molecular formula is C17H20N2O4. The van der Waals surface area contributed by atoms with E-state index in [4.69, 9.17) is 4.74 Å². The van der Waals surface area contributed by atoms with Gasteiger partial charge in [-0.25, -0.2) is 4.79 Å². The fraction of sp³-hybridized carbons (Fsp3) is 0.353. The molecule has 122 valence electrons. The number of benzene rings is 1. The highest BCUT2D eigenvalue weighted by atomic mass is 16.5. The second-order valence-electron chi connectivity index (χ2n) is 5.77. The second-order valence-corrected chi connectivity index (χ2v) is 5.77. The molecule has 0 saturated carbocycles. The third kappa shape index (κ3) is 3.97. The van der Waals surface area contributed by atoms with Gasteiger partial charge in [0.15, 0.2) is 0 Å². The minimum Gasteiger partial charge on any atom is -0.467 e. The molecule has 1 aromatic carbocycles.